The van der Waals surface area contributed by atoms with Crippen LogP contribution in [-0.4, -0.2) is 16.9 Å². The van der Waals surface area contributed by atoms with Gasteiger partial charge in [0.25, 0.3) is 0 Å². The standard InChI is InChI=1S/C12H18N2O2S/c1-3-5-6-7-8-12(4-2)9(15)13-11(17)14-10(12)16/h7-8H,3-6H2,1-2H3,(H2,13,14,15,16,17)/b8-7+. The van der Waals surface area contributed by atoms with Crippen molar-refractivity contribution in [3.63, 3.8) is 0 Å². The Kier molecular flexibility index (Phi) is 4.81. The molecule has 1 rings (SSSR count). The zero-order chi connectivity index (χ0) is 12.9. The summed E-state index contributed by atoms with van der Waals surface area (Å²) < 4.78 is 0. The van der Waals surface area contributed by atoms with E-state index in [2.05, 4.69) is 17.6 Å². The van der Waals surface area contributed by atoms with Gasteiger partial charge in [-0.1, -0.05) is 38.8 Å². The molecule has 0 saturated carbocycles. The van der Waals surface area contributed by atoms with Gasteiger partial charge in [0.1, 0.15) is 5.41 Å². The van der Waals surface area contributed by atoms with Crippen LogP contribution in [0.3, 0.4) is 0 Å². The van der Waals surface area contributed by atoms with E-state index in [1.165, 1.54) is 0 Å². The Morgan fingerprint density at radius 1 is 1.24 bits per heavy atom. The van der Waals surface area contributed by atoms with Gasteiger partial charge in [0.2, 0.25) is 11.8 Å². The second-order valence-corrected chi connectivity index (χ2v) is 4.52. The zero-order valence-corrected chi connectivity index (χ0v) is 11.0. The van der Waals surface area contributed by atoms with Crippen LogP contribution in [0, 0.1) is 5.41 Å². The molecule has 0 bridgehead atoms. The lowest BCUT2D eigenvalue weighted by atomic mass is 9.81. The van der Waals surface area contributed by atoms with E-state index >= 15 is 0 Å². The van der Waals surface area contributed by atoms with Crippen molar-refractivity contribution in [2.75, 3.05) is 0 Å². The van der Waals surface area contributed by atoms with Gasteiger partial charge in [-0.3, -0.25) is 9.59 Å². The number of rotatable bonds is 5. The van der Waals surface area contributed by atoms with E-state index in [0.717, 1.165) is 19.3 Å². The summed E-state index contributed by atoms with van der Waals surface area (Å²) in [6.07, 6.45) is 7.05. The van der Waals surface area contributed by atoms with Crippen LogP contribution in [0.25, 0.3) is 0 Å². The van der Waals surface area contributed by atoms with E-state index in [-0.39, 0.29) is 16.9 Å². The summed E-state index contributed by atoms with van der Waals surface area (Å²) >= 11 is 4.78. The first-order chi connectivity index (χ1) is 8.06. The minimum atomic E-state index is -1.10. The van der Waals surface area contributed by atoms with Crippen LogP contribution in [0.4, 0.5) is 0 Å². The van der Waals surface area contributed by atoms with Crippen molar-refractivity contribution in [1.82, 2.24) is 10.6 Å². The average molecular weight is 254 g/mol. The fraction of sp³-hybridized carbons (Fsp3) is 0.583. The predicted molar refractivity (Wildman–Crippen MR) is 70.3 cm³/mol. The molecule has 94 valence electrons. The van der Waals surface area contributed by atoms with E-state index in [4.69, 9.17) is 12.2 Å². The Morgan fingerprint density at radius 2 is 1.82 bits per heavy atom. The third-order valence-electron chi connectivity index (χ3n) is 2.95. The number of amides is 2. The van der Waals surface area contributed by atoms with Crippen LogP contribution in [-0.2, 0) is 9.59 Å². The molecule has 1 fully saturated rings. The molecule has 17 heavy (non-hydrogen) atoms. The maximum atomic E-state index is 11.9. The summed E-state index contributed by atoms with van der Waals surface area (Å²) in [7, 11) is 0. The van der Waals surface area contributed by atoms with Crippen LogP contribution in [0.1, 0.15) is 39.5 Å². The number of hydrogen-bond acceptors (Lipinski definition) is 3. The topological polar surface area (TPSA) is 58.2 Å². The van der Waals surface area contributed by atoms with Crippen molar-refractivity contribution in [2.24, 2.45) is 5.41 Å². The molecule has 2 amide bonds. The number of hydrogen-bond donors (Lipinski definition) is 2. The average Bonchev–Trinajstić information content (AvgIpc) is 2.27. The van der Waals surface area contributed by atoms with Gasteiger partial charge in [0.05, 0.1) is 0 Å². The Balaban J connectivity index is 2.85. The molecule has 1 saturated heterocycles. The van der Waals surface area contributed by atoms with Crippen LogP contribution in [0.5, 0.6) is 0 Å². The van der Waals surface area contributed by atoms with Gasteiger partial charge in [-0.05, 0) is 25.1 Å². The third-order valence-corrected chi connectivity index (χ3v) is 3.15. The lowest BCUT2D eigenvalue weighted by Crippen LogP contribution is -2.61. The predicted octanol–water partition coefficient (Wildman–Crippen LogP) is 1.66. The molecule has 1 heterocycles. The third kappa shape index (κ3) is 2.91. The first-order valence-corrected chi connectivity index (χ1v) is 6.32. The van der Waals surface area contributed by atoms with Gasteiger partial charge >= 0.3 is 0 Å². The van der Waals surface area contributed by atoms with Crippen molar-refractivity contribution in [2.45, 2.75) is 39.5 Å². The molecule has 4 nitrogen and oxygen atoms in total. The van der Waals surface area contributed by atoms with Crippen molar-refractivity contribution in [1.29, 1.82) is 0 Å². The number of nitrogens with one attached hydrogen (secondary N) is 2. The van der Waals surface area contributed by atoms with E-state index < -0.39 is 5.41 Å². The number of allylic oxidation sites excluding steroid dienone is 1. The fourth-order valence-electron chi connectivity index (χ4n) is 1.76. The quantitative estimate of drug-likeness (QED) is 0.339. The highest BCUT2D eigenvalue weighted by molar-refractivity contribution is 7.80. The Hall–Kier alpha value is -1.23. The monoisotopic (exact) mass is 254 g/mol. The molecular formula is C12H18N2O2S. The maximum Gasteiger partial charge on any atom is 0.245 e. The molecule has 5 heteroatoms. The molecule has 1 aliphatic heterocycles. The van der Waals surface area contributed by atoms with Crippen molar-refractivity contribution >= 4 is 29.1 Å². The van der Waals surface area contributed by atoms with E-state index in [1.807, 2.05) is 13.0 Å². The summed E-state index contributed by atoms with van der Waals surface area (Å²) in [5.74, 6) is -0.664. The molecule has 0 spiro atoms. The number of carbonyl (C=O) groups excluding carboxylic acids is 2. The highest BCUT2D eigenvalue weighted by Crippen LogP contribution is 2.27. The Bertz CT molecular complexity index is 344. The van der Waals surface area contributed by atoms with Gasteiger partial charge < -0.3 is 10.6 Å². The molecule has 0 radical (unpaired) electrons. The summed E-state index contributed by atoms with van der Waals surface area (Å²) in [6.45, 7) is 3.92. The van der Waals surface area contributed by atoms with Gasteiger partial charge in [0, 0.05) is 0 Å². The van der Waals surface area contributed by atoms with Crippen molar-refractivity contribution in [3.05, 3.63) is 12.2 Å². The molecule has 0 atom stereocenters. The minimum Gasteiger partial charge on any atom is -0.302 e. The van der Waals surface area contributed by atoms with Gasteiger partial charge in [-0.25, -0.2) is 0 Å². The van der Waals surface area contributed by atoms with Crippen LogP contribution in [0.2, 0.25) is 0 Å². The normalized spacial score (nSPS) is 19.3. The number of carbonyl (C=O) groups is 2. The number of unbranched alkanes of at least 4 members (excludes halogenated alkanes) is 2. The first-order valence-electron chi connectivity index (χ1n) is 5.91. The SMILES string of the molecule is CCCC/C=C/C1(CC)C(=O)NC(=S)NC1=O. The second kappa shape index (κ2) is 5.91. The van der Waals surface area contributed by atoms with E-state index in [0.29, 0.717) is 6.42 Å². The van der Waals surface area contributed by atoms with Crippen LogP contribution in [0.15, 0.2) is 12.2 Å². The Morgan fingerprint density at radius 3 is 2.29 bits per heavy atom. The largest absolute Gasteiger partial charge is 0.302 e. The highest BCUT2D eigenvalue weighted by atomic mass is 32.1. The van der Waals surface area contributed by atoms with Gasteiger partial charge in [0.15, 0.2) is 5.11 Å². The summed E-state index contributed by atoms with van der Waals surface area (Å²) in [5.41, 5.74) is -1.10. The van der Waals surface area contributed by atoms with Crippen molar-refractivity contribution < 1.29 is 9.59 Å². The highest BCUT2D eigenvalue weighted by Gasteiger charge is 2.45. The molecule has 0 unspecified atom stereocenters. The zero-order valence-electron chi connectivity index (χ0n) is 10.2. The van der Waals surface area contributed by atoms with Crippen molar-refractivity contribution in [3.8, 4) is 0 Å². The smallest absolute Gasteiger partial charge is 0.245 e. The van der Waals surface area contributed by atoms with Gasteiger partial charge in [-0.15, -0.1) is 0 Å². The van der Waals surface area contributed by atoms with Gasteiger partial charge in [-0.2, -0.15) is 0 Å². The lowest BCUT2D eigenvalue weighted by molar-refractivity contribution is -0.140. The first kappa shape index (κ1) is 13.8. The molecular weight excluding hydrogens is 236 g/mol. The summed E-state index contributed by atoms with van der Waals surface area (Å²) in [4.78, 5) is 23.8. The minimum absolute atomic E-state index is 0.0889. The fourth-order valence-corrected chi connectivity index (χ4v) is 1.95. The molecule has 2 N–H and O–H groups in total. The summed E-state index contributed by atoms with van der Waals surface area (Å²) in [6, 6.07) is 0. The van der Waals surface area contributed by atoms with Crippen LogP contribution < -0.4 is 10.6 Å². The lowest BCUT2D eigenvalue weighted by Gasteiger charge is -2.31. The summed E-state index contributed by atoms with van der Waals surface area (Å²) in [5, 5.41) is 5.09. The molecule has 0 aromatic carbocycles. The Labute approximate surface area is 107 Å². The molecule has 0 aromatic heterocycles. The maximum absolute atomic E-state index is 11.9. The van der Waals surface area contributed by atoms with E-state index in [1.54, 1.807) is 6.08 Å². The van der Waals surface area contributed by atoms with Crippen LogP contribution >= 0.6 is 12.2 Å². The number of thiocarbonyl (C=S) groups is 1. The molecule has 0 aliphatic carbocycles. The molecule has 1 aliphatic rings. The second-order valence-electron chi connectivity index (χ2n) is 4.11. The molecule has 0 aromatic rings. The van der Waals surface area contributed by atoms with E-state index in [9.17, 15) is 9.59 Å².